The average molecular weight is 277 g/mol. The van der Waals surface area contributed by atoms with Crippen LogP contribution in [-0.2, 0) is 0 Å². The van der Waals surface area contributed by atoms with Gasteiger partial charge < -0.3 is 15.8 Å². The van der Waals surface area contributed by atoms with Crippen LogP contribution in [0.15, 0.2) is 17.5 Å². The minimum atomic E-state index is -0.0151. The molecule has 0 bridgehead atoms. The molecule has 1 aliphatic rings. The summed E-state index contributed by atoms with van der Waals surface area (Å²) < 4.78 is 0. The molecule has 0 aromatic carbocycles. The molecule has 0 radical (unpaired) electrons. The minimum absolute atomic E-state index is 0.0151. The molecule has 1 aliphatic heterocycles. The van der Waals surface area contributed by atoms with Crippen LogP contribution in [0.3, 0.4) is 0 Å². The summed E-state index contributed by atoms with van der Waals surface area (Å²) in [7, 11) is 0. The molecule has 1 saturated heterocycles. The number of hydrogen-bond acceptors (Lipinski definition) is 5. The summed E-state index contributed by atoms with van der Waals surface area (Å²) in [6.07, 6.45) is 8.12. The Bertz CT molecular complexity index is 457. The predicted octanol–water partition coefficient (Wildman–Crippen LogP) is 1.98. The first-order valence-corrected chi connectivity index (χ1v) is 7.19. The molecule has 0 aliphatic carbocycles. The van der Waals surface area contributed by atoms with Gasteiger partial charge in [0, 0.05) is 13.1 Å². The zero-order valence-corrected chi connectivity index (χ0v) is 12.2. The van der Waals surface area contributed by atoms with Crippen molar-refractivity contribution in [2.75, 3.05) is 18.0 Å². The monoisotopic (exact) mass is 277 g/mol. The lowest BCUT2D eigenvalue weighted by Crippen LogP contribution is -2.40. The van der Waals surface area contributed by atoms with Crippen molar-refractivity contribution >= 4 is 11.7 Å². The summed E-state index contributed by atoms with van der Waals surface area (Å²) in [5.74, 6) is 0.846. The molecular weight excluding hydrogens is 254 g/mol. The van der Waals surface area contributed by atoms with Gasteiger partial charge in [-0.2, -0.15) is 0 Å². The summed E-state index contributed by atoms with van der Waals surface area (Å²) in [5, 5.41) is 11.5. The number of amidine groups is 1. The molecule has 2 heterocycles. The average Bonchev–Trinajstić information content (AvgIpc) is 2.54. The highest BCUT2D eigenvalue weighted by Crippen LogP contribution is 2.38. The van der Waals surface area contributed by atoms with E-state index in [4.69, 9.17) is 10.9 Å². The van der Waals surface area contributed by atoms with Gasteiger partial charge in [0.2, 0.25) is 0 Å². The first-order valence-electron chi connectivity index (χ1n) is 7.19. The third-order valence-corrected chi connectivity index (χ3v) is 4.66. The third-order valence-electron chi connectivity index (χ3n) is 4.66. The first kappa shape index (κ1) is 14.6. The van der Waals surface area contributed by atoms with Crippen LogP contribution in [0, 0.1) is 5.41 Å². The SMILES string of the molecule is CCC1(CC)CCN(c2cnc(C(N)=NO)cn2)CC1. The molecule has 110 valence electrons. The molecule has 1 aromatic heterocycles. The van der Waals surface area contributed by atoms with E-state index in [0.717, 1.165) is 18.9 Å². The van der Waals surface area contributed by atoms with Gasteiger partial charge in [0.25, 0.3) is 0 Å². The van der Waals surface area contributed by atoms with E-state index < -0.39 is 0 Å². The van der Waals surface area contributed by atoms with Gasteiger partial charge in [-0.1, -0.05) is 31.8 Å². The maximum absolute atomic E-state index is 8.60. The lowest BCUT2D eigenvalue weighted by Gasteiger charge is -2.41. The van der Waals surface area contributed by atoms with E-state index in [9.17, 15) is 0 Å². The lowest BCUT2D eigenvalue weighted by atomic mass is 9.74. The minimum Gasteiger partial charge on any atom is -0.409 e. The Labute approximate surface area is 119 Å². The molecule has 1 fully saturated rings. The van der Waals surface area contributed by atoms with Crippen LogP contribution in [0.1, 0.15) is 45.2 Å². The molecule has 2 rings (SSSR count). The van der Waals surface area contributed by atoms with Crippen molar-refractivity contribution < 1.29 is 5.21 Å². The first-order chi connectivity index (χ1) is 9.64. The lowest BCUT2D eigenvalue weighted by molar-refractivity contribution is 0.199. The summed E-state index contributed by atoms with van der Waals surface area (Å²) in [6.45, 7) is 6.59. The molecule has 0 amide bonds. The van der Waals surface area contributed by atoms with Crippen LogP contribution in [-0.4, -0.2) is 34.1 Å². The van der Waals surface area contributed by atoms with Gasteiger partial charge in [0.1, 0.15) is 11.5 Å². The molecule has 1 aromatic rings. The molecule has 0 saturated carbocycles. The fourth-order valence-electron chi connectivity index (χ4n) is 2.84. The van der Waals surface area contributed by atoms with Gasteiger partial charge in [0.05, 0.1) is 12.4 Å². The maximum Gasteiger partial charge on any atom is 0.190 e. The molecule has 0 atom stereocenters. The highest BCUT2D eigenvalue weighted by Gasteiger charge is 2.31. The van der Waals surface area contributed by atoms with Gasteiger partial charge in [-0.3, -0.25) is 0 Å². The van der Waals surface area contributed by atoms with Gasteiger partial charge in [0.15, 0.2) is 5.84 Å². The number of nitrogens with zero attached hydrogens (tertiary/aromatic N) is 4. The second-order valence-corrected chi connectivity index (χ2v) is 5.44. The van der Waals surface area contributed by atoms with Crippen LogP contribution in [0.4, 0.5) is 5.82 Å². The molecule has 3 N–H and O–H groups in total. The van der Waals surface area contributed by atoms with E-state index in [1.165, 1.54) is 25.7 Å². The Morgan fingerprint density at radius 2 is 1.95 bits per heavy atom. The Morgan fingerprint density at radius 1 is 1.30 bits per heavy atom. The molecule has 0 unspecified atom stereocenters. The van der Waals surface area contributed by atoms with Crippen LogP contribution >= 0.6 is 0 Å². The van der Waals surface area contributed by atoms with Crippen molar-refractivity contribution in [1.82, 2.24) is 9.97 Å². The van der Waals surface area contributed by atoms with Crippen molar-refractivity contribution in [3.8, 4) is 0 Å². The summed E-state index contributed by atoms with van der Waals surface area (Å²) in [4.78, 5) is 10.8. The third kappa shape index (κ3) is 2.84. The molecule has 6 nitrogen and oxygen atoms in total. The number of rotatable bonds is 4. The number of anilines is 1. The zero-order chi connectivity index (χ0) is 14.6. The van der Waals surface area contributed by atoms with Crippen molar-refractivity contribution in [2.24, 2.45) is 16.3 Å². The number of hydrogen-bond donors (Lipinski definition) is 2. The van der Waals surface area contributed by atoms with E-state index in [0.29, 0.717) is 11.1 Å². The van der Waals surface area contributed by atoms with Crippen molar-refractivity contribution in [1.29, 1.82) is 0 Å². The number of oxime groups is 1. The van der Waals surface area contributed by atoms with E-state index in [-0.39, 0.29) is 5.84 Å². The Hall–Kier alpha value is -1.85. The highest BCUT2D eigenvalue weighted by molar-refractivity contribution is 5.94. The highest BCUT2D eigenvalue weighted by atomic mass is 16.4. The van der Waals surface area contributed by atoms with Crippen molar-refractivity contribution in [3.05, 3.63) is 18.1 Å². The summed E-state index contributed by atoms with van der Waals surface area (Å²) in [5.41, 5.74) is 6.37. The van der Waals surface area contributed by atoms with E-state index >= 15 is 0 Å². The number of nitrogens with two attached hydrogens (primary N) is 1. The normalized spacial score (nSPS) is 19.1. The second kappa shape index (κ2) is 6.07. The second-order valence-electron chi connectivity index (χ2n) is 5.44. The standard InChI is InChI=1S/C14H23N5O/c1-3-14(4-2)5-7-19(8-6-14)12-10-16-11(9-17-12)13(15)18-20/h9-10,20H,3-8H2,1-2H3,(H2,15,18). The topological polar surface area (TPSA) is 87.6 Å². The van der Waals surface area contributed by atoms with Gasteiger partial charge in [-0.05, 0) is 18.3 Å². The van der Waals surface area contributed by atoms with E-state index in [2.05, 4.69) is 33.9 Å². The number of aromatic nitrogens is 2. The van der Waals surface area contributed by atoms with E-state index in [1.807, 2.05) is 0 Å². The Morgan fingerprint density at radius 3 is 2.40 bits per heavy atom. The van der Waals surface area contributed by atoms with Crippen LogP contribution in [0.5, 0.6) is 0 Å². The van der Waals surface area contributed by atoms with Gasteiger partial charge >= 0.3 is 0 Å². The fourth-order valence-corrected chi connectivity index (χ4v) is 2.84. The van der Waals surface area contributed by atoms with E-state index in [1.54, 1.807) is 12.4 Å². The largest absolute Gasteiger partial charge is 0.409 e. The quantitative estimate of drug-likeness (QED) is 0.380. The van der Waals surface area contributed by atoms with Gasteiger partial charge in [-0.25, -0.2) is 9.97 Å². The van der Waals surface area contributed by atoms with Crippen LogP contribution < -0.4 is 10.6 Å². The molecular formula is C14H23N5O. The molecule has 6 heteroatoms. The Balaban J connectivity index is 2.04. The molecule has 0 spiro atoms. The van der Waals surface area contributed by atoms with Crippen LogP contribution in [0.2, 0.25) is 0 Å². The van der Waals surface area contributed by atoms with Crippen LogP contribution in [0.25, 0.3) is 0 Å². The predicted molar refractivity (Wildman–Crippen MR) is 79.0 cm³/mol. The zero-order valence-electron chi connectivity index (χ0n) is 12.2. The molecule has 20 heavy (non-hydrogen) atoms. The Kier molecular flexibility index (Phi) is 4.42. The van der Waals surface area contributed by atoms with Crippen molar-refractivity contribution in [2.45, 2.75) is 39.5 Å². The van der Waals surface area contributed by atoms with Crippen molar-refractivity contribution in [3.63, 3.8) is 0 Å². The fraction of sp³-hybridized carbons (Fsp3) is 0.643. The van der Waals surface area contributed by atoms with Gasteiger partial charge in [-0.15, -0.1) is 0 Å². The number of piperidine rings is 1. The summed E-state index contributed by atoms with van der Waals surface area (Å²) >= 11 is 0. The smallest absolute Gasteiger partial charge is 0.190 e. The summed E-state index contributed by atoms with van der Waals surface area (Å²) in [6, 6.07) is 0. The maximum atomic E-state index is 8.60.